The van der Waals surface area contributed by atoms with Crippen LogP contribution in [0.15, 0.2) is 36.4 Å². The van der Waals surface area contributed by atoms with Gasteiger partial charge in [-0.05, 0) is 47.7 Å². The molecular weight excluding hydrogens is 263 g/mol. The summed E-state index contributed by atoms with van der Waals surface area (Å²) >= 11 is 5.86. The highest BCUT2D eigenvalue weighted by atomic mass is 35.5. The zero-order chi connectivity index (χ0) is 13.4. The molecular formula is C16H12ClFO. The van der Waals surface area contributed by atoms with E-state index in [9.17, 15) is 9.18 Å². The van der Waals surface area contributed by atoms with Crippen molar-refractivity contribution in [1.82, 2.24) is 0 Å². The standard InChI is InChI=1S/C16H12ClFO/c17-12-7-10(8-13(18)9-12)6-11-2-1-3-15-14(11)4-5-16(15)19/h1-3,7-9H,4-6H2. The molecule has 0 unspecified atom stereocenters. The van der Waals surface area contributed by atoms with E-state index in [1.54, 1.807) is 6.07 Å². The average molecular weight is 275 g/mol. The molecule has 1 nitrogen and oxygen atoms in total. The van der Waals surface area contributed by atoms with Gasteiger partial charge in [0.2, 0.25) is 0 Å². The van der Waals surface area contributed by atoms with Gasteiger partial charge in [-0.1, -0.05) is 29.8 Å². The molecule has 2 aromatic carbocycles. The summed E-state index contributed by atoms with van der Waals surface area (Å²) in [7, 11) is 0. The fraction of sp³-hybridized carbons (Fsp3) is 0.188. The number of carbonyl (C=O) groups excluding carboxylic acids is 1. The van der Waals surface area contributed by atoms with Crippen LogP contribution in [0.3, 0.4) is 0 Å². The van der Waals surface area contributed by atoms with Crippen LogP contribution >= 0.6 is 11.6 Å². The maximum atomic E-state index is 13.3. The van der Waals surface area contributed by atoms with Crippen LogP contribution in [0.5, 0.6) is 0 Å². The van der Waals surface area contributed by atoms with Crippen LogP contribution in [0.25, 0.3) is 0 Å². The smallest absolute Gasteiger partial charge is 0.163 e. The van der Waals surface area contributed by atoms with E-state index in [4.69, 9.17) is 11.6 Å². The molecule has 0 saturated heterocycles. The lowest BCUT2D eigenvalue weighted by Gasteiger charge is -2.08. The molecule has 1 aliphatic carbocycles. The van der Waals surface area contributed by atoms with Crippen LogP contribution in [-0.2, 0) is 12.8 Å². The van der Waals surface area contributed by atoms with Gasteiger partial charge in [0.05, 0.1) is 0 Å². The van der Waals surface area contributed by atoms with Crippen LogP contribution in [0.1, 0.15) is 33.5 Å². The summed E-state index contributed by atoms with van der Waals surface area (Å²) in [6.45, 7) is 0. The van der Waals surface area contributed by atoms with Gasteiger partial charge in [-0.25, -0.2) is 4.39 Å². The summed E-state index contributed by atoms with van der Waals surface area (Å²) in [5.74, 6) is -0.125. The number of rotatable bonds is 2. The maximum absolute atomic E-state index is 13.3. The van der Waals surface area contributed by atoms with Gasteiger partial charge < -0.3 is 0 Å². The fourth-order valence-electron chi connectivity index (χ4n) is 2.66. The summed E-state index contributed by atoms with van der Waals surface area (Å²) in [4.78, 5) is 11.7. The quantitative estimate of drug-likeness (QED) is 0.802. The molecule has 0 aliphatic heterocycles. The molecule has 96 valence electrons. The Morgan fingerprint density at radius 3 is 2.79 bits per heavy atom. The Morgan fingerprint density at radius 1 is 1.16 bits per heavy atom. The Balaban J connectivity index is 1.98. The zero-order valence-electron chi connectivity index (χ0n) is 10.2. The Hall–Kier alpha value is -1.67. The van der Waals surface area contributed by atoms with E-state index in [0.717, 1.165) is 28.7 Å². The molecule has 3 rings (SSSR count). The Labute approximate surface area is 116 Å². The first-order valence-electron chi connectivity index (χ1n) is 6.22. The minimum Gasteiger partial charge on any atom is -0.294 e. The number of benzene rings is 2. The first-order chi connectivity index (χ1) is 9.13. The zero-order valence-corrected chi connectivity index (χ0v) is 11.0. The molecule has 0 bridgehead atoms. The molecule has 0 amide bonds. The lowest BCUT2D eigenvalue weighted by Crippen LogP contribution is -1.97. The Kier molecular flexibility index (Phi) is 3.11. The minimum atomic E-state index is -0.328. The van der Waals surface area contributed by atoms with Crippen LogP contribution in [0.4, 0.5) is 4.39 Å². The van der Waals surface area contributed by atoms with Crippen molar-refractivity contribution in [2.24, 2.45) is 0 Å². The third kappa shape index (κ3) is 2.41. The highest BCUT2D eigenvalue weighted by molar-refractivity contribution is 6.30. The van der Waals surface area contributed by atoms with Crippen molar-refractivity contribution in [3.63, 3.8) is 0 Å². The van der Waals surface area contributed by atoms with E-state index in [0.29, 0.717) is 17.9 Å². The molecule has 0 spiro atoms. The van der Waals surface area contributed by atoms with E-state index in [1.807, 2.05) is 18.2 Å². The van der Waals surface area contributed by atoms with Crippen molar-refractivity contribution in [1.29, 1.82) is 0 Å². The van der Waals surface area contributed by atoms with Gasteiger partial charge in [-0.2, -0.15) is 0 Å². The summed E-state index contributed by atoms with van der Waals surface area (Å²) < 4.78 is 13.3. The van der Waals surface area contributed by atoms with Crippen LogP contribution < -0.4 is 0 Å². The van der Waals surface area contributed by atoms with E-state index in [-0.39, 0.29) is 11.6 Å². The number of fused-ring (bicyclic) bond motifs is 1. The highest BCUT2D eigenvalue weighted by Crippen LogP contribution is 2.27. The third-order valence-corrected chi connectivity index (χ3v) is 3.71. The van der Waals surface area contributed by atoms with Crippen molar-refractivity contribution in [3.8, 4) is 0 Å². The summed E-state index contributed by atoms with van der Waals surface area (Å²) in [6, 6.07) is 10.3. The van der Waals surface area contributed by atoms with E-state index >= 15 is 0 Å². The number of hydrogen-bond acceptors (Lipinski definition) is 1. The van der Waals surface area contributed by atoms with Gasteiger partial charge in [-0.15, -0.1) is 0 Å². The minimum absolute atomic E-state index is 0.203. The first kappa shape index (κ1) is 12.4. The van der Waals surface area contributed by atoms with Crippen molar-refractivity contribution >= 4 is 17.4 Å². The number of Topliss-reactive ketones (excluding diaryl/α,β-unsaturated/α-hetero) is 1. The molecule has 2 aromatic rings. The number of halogens is 2. The molecule has 0 saturated carbocycles. The maximum Gasteiger partial charge on any atom is 0.163 e. The van der Waals surface area contributed by atoms with Gasteiger partial charge in [-0.3, -0.25) is 4.79 Å². The monoisotopic (exact) mass is 274 g/mol. The lowest BCUT2D eigenvalue weighted by atomic mass is 9.97. The molecule has 0 N–H and O–H groups in total. The second-order valence-electron chi connectivity index (χ2n) is 4.82. The molecule has 19 heavy (non-hydrogen) atoms. The normalized spacial score (nSPS) is 13.7. The topological polar surface area (TPSA) is 17.1 Å². The third-order valence-electron chi connectivity index (χ3n) is 3.49. The van der Waals surface area contributed by atoms with Gasteiger partial charge in [0.1, 0.15) is 5.82 Å². The molecule has 0 radical (unpaired) electrons. The van der Waals surface area contributed by atoms with Gasteiger partial charge in [0, 0.05) is 17.0 Å². The van der Waals surface area contributed by atoms with Crippen molar-refractivity contribution in [2.75, 3.05) is 0 Å². The molecule has 0 fully saturated rings. The summed E-state index contributed by atoms with van der Waals surface area (Å²) in [6.07, 6.45) is 1.97. The van der Waals surface area contributed by atoms with E-state index in [1.165, 1.54) is 12.1 Å². The fourth-order valence-corrected chi connectivity index (χ4v) is 2.91. The second kappa shape index (κ2) is 4.78. The largest absolute Gasteiger partial charge is 0.294 e. The average Bonchev–Trinajstić information content (AvgIpc) is 2.71. The molecule has 0 heterocycles. The van der Waals surface area contributed by atoms with Gasteiger partial charge in [0.25, 0.3) is 0 Å². The summed E-state index contributed by atoms with van der Waals surface area (Å²) in [5.41, 5.74) is 3.84. The second-order valence-corrected chi connectivity index (χ2v) is 5.26. The Bertz CT molecular complexity index is 644. The Morgan fingerprint density at radius 2 is 2.00 bits per heavy atom. The molecule has 0 aromatic heterocycles. The van der Waals surface area contributed by atoms with E-state index in [2.05, 4.69) is 0 Å². The van der Waals surface area contributed by atoms with Crippen molar-refractivity contribution in [2.45, 2.75) is 19.3 Å². The highest BCUT2D eigenvalue weighted by Gasteiger charge is 2.21. The predicted molar refractivity (Wildman–Crippen MR) is 73.3 cm³/mol. The van der Waals surface area contributed by atoms with Crippen LogP contribution in [0.2, 0.25) is 5.02 Å². The summed E-state index contributed by atoms with van der Waals surface area (Å²) in [5, 5.41) is 0.402. The van der Waals surface area contributed by atoms with Crippen molar-refractivity contribution in [3.05, 3.63) is 69.5 Å². The molecule has 3 heteroatoms. The van der Waals surface area contributed by atoms with E-state index < -0.39 is 0 Å². The number of hydrogen-bond donors (Lipinski definition) is 0. The lowest BCUT2D eigenvalue weighted by molar-refractivity contribution is 0.0994. The number of ketones is 1. The predicted octanol–water partition coefficient (Wildman–Crippen LogP) is 4.20. The van der Waals surface area contributed by atoms with Gasteiger partial charge >= 0.3 is 0 Å². The number of carbonyl (C=O) groups is 1. The van der Waals surface area contributed by atoms with Crippen LogP contribution in [-0.4, -0.2) is 5.78 Å². The van der Waals surface area contributed by atoms with Gasteiger partial charge in [0.15, 0.2) is 5.78 Å². The molecule has 0 atom stereocenters. The van der Waals surface area contributed by atoms with Crippen LogP contribution in [0, 0.1) is 5.82 Å². The first-order valence-corrected chi connectivity index (χ1v) is 6.60. The van der Waals surface area contributed by atoms with Crippen molar-refractivity contribution < 1.29 is 9.18 Å². The SMILES string of the molecule is O=C1CCc2c(Cc3cc(F)cc(Cl)c3)cccc21. The molecule has 1 aliphatic rings.